The molecule has 0 fully saturated rings. The summed E-state index contributed by atoms with van der Waals surface area (Å²) in [6, 6.07) is 10.7. The number of fused-ring (bicyclic) bond motifs is 1. The standard InChI is InChI=1S/C14H9Cl2N3OS/c15-7-5-6-8(17)11(12(7)16)13(20)19-14-18-9-3-1-2-4-10(9)21-14/h1-6H,17H2,(H,18,19,20). The monoisotopic (exact) mass is 337 g/mol. The van der Waals surface area contributed by atoms with Crippen LogP contribution in [-0.4, -0.2) is 10.9 Å². The largest absolute Gasteiger partial charge is 0.398 e. The van der Waals surface area contributed by atoms with E-state index in [9.17, 15) is 4.79 Å². The average molecular weight is 338 g/mol. The van der Waals surface area contributed by atoms with E-state index in [4.69, 9.17) is 28.9 Å². The van der Waals surface area contributed by atoms with Crippen LogP contribution in [0.25, 0.3) is 10.2 Å². The lowest BCUT2D eigenvalue weighted by Gasteiger charge is -2.08. The molecule has 0 bridgehead atoms. The van der Waals surface area contributed by atoms with Crippen molar-refractivity contribution in [3.63, 3.8) is 0 Å². The minimum absolute atomic E-state index is 0.135. The molecule has 0 aliphatic heterocycles. The van der Waals surface area contributed by atoms with Crippen LogP contribution < -0.4 is 11.1 Å². The van der Waals surface area contributed by atoms with E-state index in [0.29, 0.717) is 5.13 Å². The van der Waals surface area contributed by atoms with Crippen molar-refractivity contribution in [1.82, 2.24) is 4.98 Å². The molecule has 4 nitrogen and oxygen atoms in total. The molecule has 106 valence electrons. The summed E-state index contributed by atoms with van der Waals surface area (Å²) in [6.07, 6.45) is 0. The predicted octanol–water partition coefficient (Wildman–Crippen LogP) is 4.44. The minimum atomic E-state index is -0.431. The normalized spacial score (nSPS) is 10.8. The van der Waals surface area contributed by atoms with E-state index in [-0.39, 0.29) is 21.3 Å². The molecular weight excluding hydrogens is 329 g/mol. The molecule has 0 saturated carbocycles. The van der Waals surface area contributed by atoms with Crippen LogP contribution in [0.1, 0.15) is 10.4 Å². The van der Waals surface area contributed by atoms with Crippen molar-refractivity contribution in [3.05, 3.63) is 52.0 Å². The lowest BCUT2D eigenvalue weighted by molar-refractivity contribution is 0.102. The Kier molecular flexibility index (Phi) is 3.71. The second-order valence-electron chi connectivity index (χ2n) is 4.27. The highest BCUT2D eigenvalue weighted by Crippen LogP contribution is 2.32. The third-order valence-corrected chi connectivity index (χ3v) is 4.62. The summed E-state index contributed by atoms with van der Waals surface area (Å²) in [7, 11) is 0. The first-order valence-electron chi connectivity index (χ1n) is 5.96. The fourth-order valence-corrected chi connectivity index (χ4v) is 3.16. The highest BCUT2D eigenvalue weighted by Gasteiger charge is 2.18. The molecule has 2 aromatic carbocycles. The van der Waals surface area contributed by atoms with Gasteiger partial charge in [0.1, 0.15) is 0 Å². The number of benzene rings is 2. The first kappa shape index (κ1) is 14.1. The molecule has 3 rings (SSSR count). The fourth-order valence-electron chi connectivity index (χ4n) is 1.88. The summed E-state index contributed by atoms with van der Waals surface area (Å²) in [4.78, 5) is 16.6. The zero-order chi connectivity index (χ0) is 15.0. The smallest absolute Gasteiger partial charge is 0.261 e. The molecule has 1 heterocycles. The van der Waals surface area contributed by atoms with Crippen molar-refractivity contribution in [2.45, 2.75) is 0 Å². The van der Waals surface area contributed by atoms with E-state index in [1.165, 1.54) is 11.3 Å². The number of aromatic nitrogens is 1. The third-order valence-electron chi connectivity index (χ3n) is 2.87. The van der Waals surface area contributed by atoms with Crippen molar-refractivity contribution >= 4 is 61.5 Å². The summed E-state index contributed by atoms with van der Waals surface area (Å²) < 4.78 is 0.984. The van der Waals surface area contributed by atoms with Gasteiger partial charge in [-0.05, 0) is 24.3 Å². The Morgan fingerprint density at radius 2 is 1.95 bits per heavy atom. The number of nitrogen functional groups attached to an aromatic ring is 1. The molecule has 0 aliphatic carbocycles. The van der Waals surface area contributed by atoms with Crippen molar-refractivity contribution in [1.29, 1.82) is 0 Å². The second kappa shape index (κ2) is 5.52. The number of amides is 1. The molecule has 7 heteroatoms. The van der Waals surface area contributed by atoms with E-state index >= 15 is 0 Å². The quantitative estimate of drug-likeness (QED) is 0.679. The highest BCUT2D eigenvalue weighted by atomic mass is 35.5. The number of nitrogens with two attached hydrogens (primary N) is 1. The first-order valence-corrected chi connectivity index (χ1v) is 7.54. The lowest BCUT2D eigenvalue weighted by atomic mass is 10.1. The molecular formula is C14H9Cl2N3OS. The Bertz CT molecular complexity index is 814. The van der Waals surface area contributed by atoms with Gasteiger partial charge in [-0.25, -0.2) is 4.98 Å². The zero-order valence-electron chi connectivity index (χ0n) is 10.6. The van der Waals surface area contributed by atoms with Gasteiger partial charge >= 0.3 is 0 Å². The van der Waals surface area contributed by atoms with Crippen LogP contribution in [0.2, 0.25) is 10.0 Å². The zero-order valence-corrected chi connectivity index (χ0v) is 12.9. The van der Waals surface area contributed by atoms with Gasteiger partial charge in [0.15, 0.2) is 5.13 Å². The number of nitrogens with zero attached hydrogens (tertiary/aromatic N) is 1. The molecule has 0 saturated heterocycles. The van der Waals surface area contributed by atoms with Crippen molar-refractivity contribution in [3.8, 4) is 0 Å². The number of carbonyl (C=O) groups excluding carboxylic acids is 1. The van der Waals surface area contributed by atoms with Crippen LogP contribution in [-0.2, 0) is 0 Å². The number of halogens is 2. The summed E-state index contributed by atoms with van der Waals surface area (Å²) in [5.41, 5.74) is 7.04. The molecule has 1 aromatic heterocycles. The number of carbonyl (C=O) groups is 1. The average Bonchev–Trinajstić information content (AvgIpc) is 2.85. The van der Waals surface area contributed by atoms with Gasteiger partial charge in [-0.2, -0.15) is 0 Å². The number of rotatable bonds is 2. The van der Waals surface area contributed by atoms with Gasteiger partial charge in [0.2, 0.25) is 0 Å². The third kappa shape index (κ3) is 2.68. The van der Waals surface area contributed by atoms with Crippen LogP contribution in [0.15, 0.2) is 36.4 Å². The van der Waals surface area contributed by atoms with E-state index in [1.54, 1.807) is 12.1 Å². The maximum atomic E-state index is 12.3. The van der Waals surface area contributed by atoms with Crippen molar-refractivity contribution in [2.75, 3.05) is 11.1 Å². The number of nitrogens with one attached hydrogen (secondary N) is 1. The molecule has 3 N–H and O–H groups in total. The molecule has 0 unspecified atom stereocenters. The predicted molar refractivity (Wildman–Crippen MR) is 88.4 cm³/mol. The van der Waals surface area contributed by atoms with Gasteiger partial charge in [-0.15, -0.1) is 0 Å². The van der Waals surface area contributed by atoms with Crippen molar-refractivity contribution < 1.29 is 4.79 Å². The van der Waals surface area contributed by atoms with E-state index in [0.717, 1.165) is 10.2 Å². The Morgan fingerprint density at radius 1 is 1.19 bits per heavy atom. The molecule has 0 atom stereocenters. The second-order valence-corrected chi connectivity index (χ2v) is 6.08. The molecule has 3 aromatic rings. The summed E-state index contributed by atoms with van der Waals surface area (Å²) >= 11 is 13.3. The molecule has 21 heavy (non-hydrogen) atoms. The van der Waals surface area contributed by atoms with Gasteiger partial charge in [0.05, 0.1) is 25.8 Å². The number of hydrogen-bond acceptors (Lipinski definition) is 4. The van der Waals surface area contributed by atoms with Gasteiger partial charge in [-0.1, -0.05) is 46.7 Å². The van der Waals surface area contributed by atoms with Gasteiger partial charge in [0, 0.05) is 5.69 Å². The van der Waals surface area contributed by atoms with Crippen LogP contribution in [0.3, 0.4) is 0 Å². The number of thiazole rings is 1. The van der Waals surface area contributed by atoms with Crippen LogP contribution in [0.4, 0.5) is 10.8 Å². The van der Waals surface area contributed by atoms with E-state index in [2.05, 4.69) is 10.3 Å². The lowest BCUT2D eigenvalue weighted by Crippen LogP contribution is -2.14. The number of para-hydroxylation sites is 1. The Hall–Kier alpha value is -1.82. The summed E-state index contributed by atoms with van der Waals surface area (Å²) in [6.45, 7) is 0. The molecule has 1 amide bonds. The van der Waals surface area contributed by atoms with Crippen LogP contribution in [0.5, 0.6) is 0 Å². The first-order chi connectivity index (χ1) is 10.1. The Morgan fingerprint density at radius 3 is 2.71 bits per heavy atom. The van der Waals surface area contributed by atoms with Gasteiger partial charge in [-0.3, -0.25) is 10.1 Å². The van der Waals surface area contributed by atoms with Crippen molar-refractivity contribution in [2.24, 2.45) is 0 Å². The topological polar surface area (TPSA) is 68.0 Å². The SMILES string of the molecule is Nc1ccc(Cl)c(Cl)c1C(=O)Nc1nc2ccccc2s1. The van der Waals surface area contributed by atoms with Gasteiger partial charge < -0.3 is 5.73 Å². The van der Waals surface area contributed by atoms with E-state index in [1.807, 2.05) is 24.3 Å². The summed E-state index contributed by atoms with van der Waals surface area (Å²) in [5.74, 6) is -0.431. The molecule has 0 radical (unpaired) electrons. The maximum Gasteiger partial charge on any atom is 0.261 e. The number of anilines is 2. The Balaban J connectivity index is 1.95. The summed E-state index contributed by atoms with van der Waals surface area (Å²) in [5, 5.41) is 3.60. The number of hydrogen-bond donors (Lipinski definition) is 2. The van der Waals surface area contributed by atoms with Crippen LogP contribution in [0, 0.1) is 0 Å². The fraction of sp³-hybridized carbons (Fsp3) is 0. The minimum Gasteiger partial charge on any atom is -0.398 e. The highest BCUT2D eigenvalue weighted by molar-refractivity contribution is 7.22. The molecule has 0 spiro atoms. The maximum absolute atomic E-state index is 12.3. The van der Waals surface area contributed by atoms with Crippen LogP contribution >= 0.6 is 34.5 Å². The van der Waals surface area contributed by atoms with E-state index < -0.39 is 5.91 Å². The Labute approximate surface area is 134 Å². The van der Waals surface area contributed by atoms with Gasteiger partial charge in [0.25, 0.3) is 5.91 Å². The molecule has 0 aliphatic rings.